The number of benzene rings is 3. The van der Waals surface area contributed by atoms with Crippen LogP contribution in [0.4, 0.5) is 0 Å². The van der Waals surface area contributed by atoms with Gasteiger partial charge in [0.25, 0.3) is 0 Å². The molecule has 5 rings (SSSR count). The van der Waals surface area contributed by atoms with E-state index in [1.165, 1.54) is 0 Å². The van der Waals surface area contributed by atoms with E-state index < -0.39 is 5.97 Å². The average Bonchev–Trinajstić information content (AvgIpc) is 2.78. The van der Waals surface area contributed by atoms with Gasteiger partial charge in [-0.2, -0.15) is 0 Å². The lowest BCUT2D eigenvalue weighted by Gasteiger charge is -2.18. The second-order valence-electron chi connectivity index (χ2n) is 7.04. The van der Waals surface area contributed by atoms with E-state index >= 15 is 0 Å². The summed E-state index contributed by atoms with van der Waals surface area (Å²) in [5.74, 6) is -0.550. The van der Waals surface area contributed by atoms with Crippen molar-refractivity contribution in [3.05, 3.63) is 88.2 Å². The normalized spacial score (nSPS) is 11.3. The lowest BCUT2D eigenvalue weighted by molar-refractivity contribution is -0.137. The first-order chi connectivity index (χ1) is 15.0. The van der Waals surface area contributed by atoms with Crippen LogP contribution in [0.25, 0.3) is 32.6 Å². The molecule has 31 heavy (non-hydrogen) atoms. The summed E-state index contributed by atoms with van der Waals surface area (Å²) >= 11 is 6.50. The minimum Gasteiger partial charge on any atom is -0.480 e. The largest absolute Gasteiger partial charge is 0.480 e. The molecule has 2 aromatic heterocycles. The third-order valence-electron chi connectivity index (χ3n) is 5.17. The quantitative estimate of drug-likeness (QED) is 0.395. The van der Waals surface area contributed by atoms with Crippen LogP contribution in [0.3, 0.4) is 0 Å². The molecule has 2 heterocycles. The number of hydrogen-bond donors (Lipinski definition) is 1. The topological polar surface area (TPSA) is 81.4 Å². The third kappa shape index (κ3) is 3.17. The van der Waals surface area contributed by atoms with Crippen LogP contribution < -0.4 is 10.2 Å². The number of nitrogens with zero attached hydrogens (tertiary/aromatic N) is 2. The van der Waals surface area contributed by atoms with Gasteiger partial charge in [-0.1, -0.05) is 41.9 Å². The maximum atomic E-state index is 13.2. The summed E-state index contributed by atoms with van der Waals surface area (Å²) in [6, 6.07) is 19.5. The van der Waals surface area contributed by atoms with Gasteiger partial charge in [0.15, 0.2) is 11.2 Å². The fourth-order valence-corrected chi connectivity index (χ4v) is 4.02. The van der Waals surface area contributed by atoms with Gasteiger partial charge in [0.05, 0.1) is 21.4 Å². The Morgan fingerprint density at radius 1 is 0.968 bits per heavy atom. The molecule has 3 aromatic carbocycles. The maximum Gasteiger partial charge on any atom is 0.323 e. The fraction of sp³-hybridized carbons (Fsp3) is 0.0417. The summed E-state index contributed by atoms with van der Waals surface area (Å²) in [6.45, 7) is -0.364. The highest BCUT2D eigenvalue weighted by atomic mass is 35.5. The molecule has 152 valence electrons. The van der Waals surface area contributed by atoms with E-state index in [2.05, 4.69) is 4.98 Å². The Hall–Kier alpha value is -3.90. The molecular formula is C24H15ClN2O4. The Morgan fingerprint density at radius 2 is 1.71 bits per heavy atom. The molecule has 0 saturated heterocycles. The average molecular weight is 431 g/mol. The van der Waals surface area contributed by atoms with Crippen LogP contribution in [-0.2, 0) is 11.3 Å². The molecule has 0 atom stereocenters. The molecule has 0 unspecified atom stereocenters. The van der Waals surface area contributed by atoms with Crippen LogP contribution >= 0.6 is 11.6 Å². The number of para-hydroxylation sites is 1. The second kappa shape index (κ2) is 7.41. The van der Waals surface area contributed by atoms with Gasteiger partial charge >= 0.3 is 5.97 Å². The van der Waals surface area contributed by atoms with Crippen molar-refractivity contribution in [3.63, 3.8) is 0 Å². The minimum absolute atomic E-state index is 0.187. The van der Waals surface area contributed by atoms with Crippen molar-refractivity contribution in [3.8, 4) is 11.6 Å². The van der Waals surface area contributed by atoms with E-state index in [0.717, 1.165) is 10.8 Å². The third-order valence-corrected chi connectivity index (χ3v) is 5.46. The highest BCUT2D eigenvalue weighted by molar-refractivity contribution is 6.33. The molecule has 7 heteroatoms. The Morgan fingerprint density at radius 3 is 2.52 bits per heavy atom. The summed E-state index contributed by atoms with van der Waals surface area (Å²) in [4.78, 5) is 29.2. The van der Waals surface area contributed by atoms with E-state index in [0.29, 0.717) is 27.7 Å². The van der Waals surface area contributed by atoms with Gasteiger partial charge in [-0.3, -0.25) is 9.59 Å². The SMILES string of the molecule is O=C(O)Cn1c2ccccc2c(=O)c2ccc(Cl)c(Oc3nccc4ccccc34)c21. The number of fused-ring (bicyclic) bond motifs is 3. The van der Waals surface area contributed by atoms with Crippen LogP contribution in [0.5, 0.6) is 11.6 Å². The Balaban J connectivity index is 1.87. The molecule has 0 spiro atoms. The summed E-state index contributed by atoms with van der Waals surface area (Å²) < 4.78 is 7.71. The molecule has 0 radical (unpaired) electrons. The first kappa shape index (κ1) is 19.1. The first-order valence-corrected chi connectivity index (χ1v) is 9.89. The van der Waals surface area contributed by atoms with Crippen molar-refractivity contribution in [2.75, 3.05) is 0 Å². The molecule has 0 aliphatic carbocycles. The van der Waals surface area contributed by atoms with Crippen molar-refractivity contribution in [1.29, 1.82) is 0 Å². The minimum atomic E-state index is -1.05. The number of rotatable bonds is 4. The number of aromatic nitrogens is 2. The zero-order valence-corrected chi connectivity index (χ0v) is 16.8. The molecule has 0 aliphatic heterocycles. The summed E-state index contributed by atoms with van der Waals surface area (Å²) in [7, 11) is 0. The van der Waals surface area contributed by atoms with Crippen molar-refractivity contribution in [1.82, 2.24) is 9.55 Å². The van der Waals surface area contributed by atoms with Crippen molar-refractivity contribution in [2.45, 2.75) is 6.54 Å². The predicted octanol–water partition coefficient (Wildman–Crippen LogP) is 5.23. The molecule has 5 aromatic rings. The van der Waals surface area contributed by atoms with Gasteiger partial charge < -0.3 is 14.4 Å². The van der Waals surface area contributed by atoms with Crippen molar-refractivity contribution >= 4 is 50.1 Å². The summed E-state index contributed by atoms with van der Waals surface area (Å²) in [5.41, 5.74) is 0.577. The molecule has 0 fully saturated rings. The zero-order valence-electron chi connectivity index (χ0n) is 16.1. The van der Waals surface area contributed by atoms with Crippen LogP contribution in [-0.4, -0.2) is 20.6 Å². The van der Waals surface area contributed by atoms with Gasteiger partial charge in [-0.05, 0) is 41.8 Å². The predicted molar refractivity (Wildman–Crippen MR) is 120 cm³/mol. The van der Waals surface area contributed by atoms with Crippen molar-refractivity contribution in [2.24, 2.45) is 0 Å². The van der Waals surface area contributed by atoms with Crippen LogP contribution in [0, 0.1) is 0 Å². The van der Waals surface area contributed by atoms with E-state index in [-0.39, 0.29) is 22.7 Å². The number of hydrogen-bond acceptors (Lipinski definition) is 4. The first-order valence-electron chi connectivity index (χ1n) is 9.52. The number of ether oxygens (including phenoxy) is 1. The standard InChI is InChI=1S/C24H15ClN2O4/c25-18-10-9-17-21(23(18)31-24-15-6-2-1-5-14(15)11-12-26-24)27(13-20(28)29)19-8-4-3-7-16(19)22(17)30/h1-12H,13H2,(H,28,29). The maximum absolute atomic E-state index is 13.2. The number of pyridine rings is 2. The van der Waals surface area contributed by atoms with Gasteiger partial charge in [0, 0.05) is 17.0 Å². The van der Waals surface area contributed by atoms with Gasteiger partial charge in [-0.25, -0.2) is 4.98 Å². The molecule has 0 bridgehead atoms. The Labute approximate surface area is 180 Å². The molecular weight excluding hydrogens is 416 g/mol. The van der Waals surface area contributed by atoms with Gasteiger partial charge in [-0.15, -0.1) is 0 Å². The Kier molecular flexibility index (Phi) is 4.56. The van der Waals surface area contributed by atoms with Crippen LogP contribution in [0.1, 0.15) is 0 Å². The molecule has 6 nitrogen and oxygen atoms in total. The summed E-state index contributed by atoms with van der Waals surface area (Å²) in [5, 5.41) is 12.2. The number of carboxylic acid groups (broad SMARTS) is 1. The Bertz CT molecular complexity index is 1550. The van der Waals surface area contributed by atoms with Gasteiger partial charge in [0.2, 0.25) is 5.88 Å². The highest BCUT2D eigenvalue weighted by Crippen LogP contribution is 2.38. The molecule has 0 aliphatic rings. The zero-order chi connectivity index (χ0) is 21.5. The lowest BCUT2D eigenvalue weighted by Crippen LogP contribution is -2.16. The van der Waals surface area contributed by atoms with Crippen LogP contribution in [0.2, 0.25) is 5.02 Å². The molecule has 0 amide bonds. The van der Waals surface area contributed by atoms with Crippen molar-refractivity contribution < 1.29 is 14.6 Å². The number of halogens is 1. The van der Waals surface area contributed by atoms with Gasteiger partial charge in [0.1, 0.15) is 6.54 Å². The van der Waals surface area contributed by atoms with E-state index in [9.17, 15) is 14.7 Å². The second-order valence-corrected chi connectivity index (χ2v) is 7.45. The lowest BCUT2D eigenvalue weighted by atomic mass is 10.1. The fourth-order valence-electron chi connectivity index (χ4n) is 3.83. The number of carbonyl (C=O) groups is 1. The molecule has 1 N–H and O–H groups in total. The van der Waals surface area contributed by atoms with E-state index in [1.807, 2.05) is 30.3 Å². The van der Waals surface area contributed by atoms with E-state index in [1.54, 1.807) is 47.2 Å². The van der Waals surface area contributed by atoms with Crippen LogP contribution in [0.15, 0.2) is 77.7 Å². The highest BCUT2D eigenvalue weighted by Gasteiger charge is 2.20. The smallest absolute Gasteiger partial charge is 0.323 e. The number of carboxylic acids is 1. The summed E-state index contributed by atoms with van der Waals surface area (Å²) in [6.07, 6.45) is 1.62. The number of aliphatic carboxylic acids is 1. The van der Waals surface area contributed by atoms with E-state index in [4.69, 9.17) is 16.3 Å². The monoisotopic (exact) mass is 430 g/mol. The molecule has 0 saturated carbocycles.